The lowest BCUT2D eigenvalue weighted by Crippen LogP contribution is -2.46. The van der Waals surface area contributed by atoms with Crippen LogP contribution in [0, 0.1) is 0 Å². The molecule has 0 N–H and O–H groups in total. The molecule has 3 nitrogen and oxygen atoms in total. The number of rotatable bonds is 2. The average Bonchev–Trinajstić information content (AvgIpc) is 2.78. The van der Waals surface area contributed by atoms with Crippen molar-refractivity contribution in [1.82, 2.24) is 0 Å². The molecule has 3 heterocycles. The van der Waals surface area contributed by atoms with Crippen LogP contribution in [0.4, 0.5) is 11.4 Å². The van der Waals surface area contributed by atoms with Gasteiger partial charge in [-0.25, -0.2) is 4.57 Å². The normalized spacial score (nSPS) is 14.8. The third-order valence-corrected chi connectivity index (χ3v) is 6.91. The SMILES string of the molecule is C[n+]1ccc(/C=C/c2ccc3c(c2)CN2CN3Cc3cc(Br)ccc32)c2ccccc21. The van der Waals surface area contributed by atoms with Gasteiger partial charge >= 0.3 is 0 Å². The second-order valence-electron chi connectivity index (χ2n) is 8.43. The summed E-state index contributed by atoms with van der Waals surface area (Å²) < 4.78 is 3.32. The van der Waals surface area contributed by atoms with E-state index in [4.69, 9.17) is 0 Å². The highest BCUT2D eigenvalue weighted by atomic mass is 79.9. The van der Waals surface area contributed by atoms with E-state index in [1.54, 1.807) is 0 Å². The summed E-state index contributed by atoms with van der Waals surface area (Å²) in [6.45, 7) is 2.87. The number of aryl methyl sites for hydroxylation is 1. The molecule has 0 saturated carbocycles. The van der Waals surface area contributed by atoms with E-state index in [1.807, 2.05) is 0 Å². The second-order valence-corrected chi connectivity index (χ2v) is 9.35. The van der Waals surface area contributed by atoms with Gasteiger partial charge in [-0.05, 0) is 58.7 Å². The molecule has 4 heteroatoms. The third-order valence-electron chi connectivity index (χ3n) is 6.42. The van der Waals surface area contributed by atoms with Crippen LogP contribution in [0.3, 0.4) is 0 Å². The highest BCUT2D eigenvalue weighted by Gasteiger charge is 2.29. The summed E-state index contributed by atoms with van der Waals surface area (Å²) in [6.07, 6.45) is 6.61. The van der Waals surface area contributed by atoms with E-state index in [2.05, 4.69) is 122 Å². The first-order valence-electron chi connectivity index (χ1n) is 10.6. The van der Waals surface area contributed by atoms with Crippen LogP contribution < -0.4 is 14.4 Å². The number of hydrogen-bond donors (Lipinski definition) is 0. The molecule has 2 aliphatic rings. The number of benzene rings is 3. The molecule has 0 spiro atoms. The predicted molar refractivity (Wildman–Crippen MR) is 132 cm³/mol. The minimum atomic E-state index is 0.951. The van der Waals surface area contributed by atoms with Gasteiger partial charge in [0.2, 0.25) is 5.52 Å². The number of para-hydroxylation sites is 1. The van der Waals surface area contributed by atoms with Gasteiger partial charge in [0.1, 0.15) is 7.05 Å². The fourth-order valence-corrected chi connectivity index (χ4v) is 5.30. The van der Waals surface area contributed by atoms with Gasteiger partial charge in [0.05, 0.1) is 12.1 Å². The van der Waals surface area contributed by atoms with Gasteiger partial charge in [0.15, 0.2) is 6.20 Å². The second kappa shape index (κ2) is 7.24. The summed E-state index contributed by atoms with van der Waals surface area (Å²) in [6, 6.07) is 24.3. The fraction of sp³-hybridized carbons (Fsp3) is 0.148. The van der Waals surface area contributed by atoms with Crippen molar-refractivity contribution in [3.63, 3.8) is 0 Å². The van der Waals surface area contributed by atoms with Crippen LogP contribution >= 0.6 is 15.9 Å². The molecule has 0 fully saturated rings. The van der Waals surface area contributed by atoms with Gasteiger partial charge < -0.3 is 9.80 Å². The number of aromatic nitrogens is 1. The summed E-state index contributed by atoms with van der Waals surface area (Å²) in [5.74, 6) is 0. The predicted octanol–water partition coefficient (Wildman–Crippen LogP) is 5.89. The van der Waals surface area contributed by atoms with E-state index in [0.717, 1.165) is 24.2 Å². The summed E-state index contributed by atoms with van der Waals surface area (Å²) in [5, 5.41) is 1.27. The number of halogens is 1. The first kappa shape index (κ1) is 18.6. The molecule has 1 aromatic heterocycles. The highest BCUT2D eigenvalue weighted by Crippen LogP contribution is 2.39. The van der Waals surface area contributed by atoms with Crippen molar-refractivity contribution in [2.24, 2.45) is 7.05 Å². The first-order valence-corrected chi connectivity index (χ1v) is 11.4. The van der Waals surface area contributed by atoms with Crippen LogP contribution in [0.2, 0.25) is 0 Å². The van der Waals surface area contributed by atoms with Crippen molar-refractivity contribution >= 4 is 50.4 Å². The minimum Gasteiger partial charge on any atom is -0.349 e. The molecular formula is C27H23BrN3+. The number of pyridine rings is 1. The molecule has 152 valence electrons. The summed E-state index contributed by atoms with van der Waals surface area (Å²) >= 11 is 3.62. The Morgan fingerprint density at radius 2 is 1.58 bits per heavy atom. The maximum absolute atomic E-state index is 3.62. The lowest BCUT2D eigenvalue weighted by atomic mass is 9.99. The molecule has 4 aromatic rings. The van der Waals surface area contributed by atoms with E-state index < -0.39 is 0 Å². The Kier molecular flexibility index (Phi) is 4.35. The molecule has 0 amide bonds. The van der Waals surface area contributed by atoms with Crippen LogP contribution in [-0.4, -0.2) is 6.67 Å². The van der Waals surface area contributed by atoms with Gasteiger partial charge in [-0.1, -0.05) is 46.3 Å². The lowest BCUT2D eigenvalue weighted by Gasteiger charge is -2.45. The van der Waals surface area contributed by atoms with Gasteiger partial charge in [-0.3, -0.25) is 0 Å². The van der Waals surface area contributed by atoms with Crippen molar-refractivity contribution in [3.8, 4) is 0 Å². The Labute approximate surface area is 191 Å². The van der Waals surface area contributed by atoms with Crippen LogP contribution in [0.25, 0.3) is 23.1 Å². The van der Waals surface area contributed by atoms with Gasteiger partial charge in [-0.15, -0.1) is 0 Å². The lowest BCUT2D eigenvalue weighted by molar-refractivity contribution is -0.644. The zero-order valence-electron chi connectivity index (χ0n) is 17.4. The Morgan fingerprint density at radius 3 is 2.42 bits per heavy atom. The van der Waals surface area contributed by atoms with E-state index >= 15 is 0 Å². The molecule has 2 bridgehead atoms. The smallest absolute Gasteiger partial charge is 0.212 e. The molecule has 31 heavy (non-hydrogen) atoms. The molecular weight excluding hydrogens is 446 g/mol. The van der Waals surface area contributed by atoms with Crippen molar-refractivity contribution in [2.45, 2.75) is 13.1 Å². The van der Waals surface area contributed by atoms with Crippen molar-refractivity contribution in [3.05, 3.63) is 99.7 Å². The maximum Gasteiger partial charge on any atom is 0.212 e. The molecule has 0 aliphatic carbocycles. The monoisotopic (exact) mass is 468 g/mol. The van der Waals surface area contributed by atoms with E-state index in [1.165, 1.54) is 44.5 Å². The van der Waals surface area contributed by atoms with Crippen LogP contribution in [0.5, 0.6) is 0 Å². The molecule has 0 saturated heterocycles. The van der Waals surface area contributed by atoms with Crippen LogP contribution in [-0.2, 0) is 20.1 Å². The third kappa shape index (κ3) is 3.22. The molecule has 0 atom stereocenters. The highest BCUT2D eigenvalue weighted by molar-refractivity contribution is 9.10. The number of anilines is 2. The molecule has 0 radical (unpaired) electrons. The van der Waals surface area contributed by atoms with Gasteiger partial charge in [0.25, 0.3) is 0 Å². The summed E-state index contributed by atoms with van der Waals surface area (Å²) in [5.41, 5.74) is 9.23. The quantitative estimate of drug-likeness (QED) is 0.339. The summed E-state index contributed by atoms with van der Waals surface area (Å²) in [7, 11) is 2.09. The van der Waals surface area contributed by atoms with Gasteiger partial charge in [0, 0.05) is 41.1 Å². The maximum atomic E-state index is 3.62. The fourth-order valence-electron chi connectivity index (χ4n) is 4.89. The Balaban J connectivity index is 1.33. The summed E-state index contributed by atoms with van der Waals surface area (Å²) in [4.78, 5) is 4.96. The average molecular weight is 469 g/mol. The number of nitrogens with zero attached hydrogens (tertiary/aromatic N) is 3. The van der Waals surface area contributed by atoms with Crippen LogP contribution in [0.1, 0.15) is 22.3 Å². The number of hydrogen-bond acceptors (Lipinski definition) is 2. The van der Waals surface area contributed by atoms with Crippen molar-refractivity contribution in [2.75, 3.05) is 16.5 Å². The van der Waals surface area contributed by atoms with E-state index in [9.17, 15) is 0 Å². The molecule has 6 rings (SSSR count). The zero-order chi connectivity index (χ0) is 20.9. The molecule has 2 aliphatic heterocycles. The Morgan fingerprint density at radius 1 is 0.839 bits per heavy atom. The van der Waals surface area contributed by atoms with E-state index in [0.29, 0.717) is 0 Å². The van der Waals surface area contributed by atoms with Crippen LogP contribution in [0.15, 0.2) is 77.4 Å². The minimum absolute atomic E-state index is 0.951. The van der Waals surface area contributed by atoms with Gasteiger partial charge in [-0.2, -0.15) is 0 Å². The topological polar surface area (TPSA) is 10.4 Å². The Bertz CT molecular complexity index is 1360. The Hall–Kier alpha value is -3.11. The standard InChI is InChI=1S/C27H23BrN3/c1-29-13-12-20(24-4-2-3-5-27(24)29)8-6-19-7-10-25-21(14-19)16-30-18-31(25)17-22-15-23(28)9-11-26(22)30/h2-15H,16-18H2,1H3/q+1. The van der Waals surface area contributed by atoms with Crippen molar-refractivity contribution in [1.29, 1.82) is 0 Å². The van der Waals surface area contributed by atoms with E-state index in [-0.39, 0.29) is 0 Å². The largest absolute Gasteiger partial charge is 0.349 e. The van der Waals surface area contributed by atoms with Crippen molar-refractivity contribution < 1.29 is 4.57 Å². The molecule has 3 aromatic carbocycles. The first-order chi connectivity index (χ1) is 15.2. The zero-order valence-corrected chi connectivity index (χ0v) is 19.0. The molecule has 0 unspecified atom stereocenters. The number of fused-ring (bicyclic) bond motifs is 7.